The lowest BCUT2D eigenvalue weighted by atomic mass is 10.5. The Bertz CT molecular complexity index is 486. The first-order valence-corrected chi connectivity index (χ1v) is 5.53. The molecular formula is C7H8ClN3O3S. The number of halogens is 1. The average molecular weight is 250 g/mol. The molecule has 0 saturated heterocycles. The molecular weight excluding hydrogens is 242 g/mol. The third-order valence-electron chi connectivity index (χ3n) is 1.43. The van der Waals surface area contributed by atoms with Crippen molar-refractivity contribution in [2.24, 2.45) is 10.1 Å². The van der Waals surface area contributed by atoms with Gasteiger partial charge in [-0.25, -0.2) is 0 Å². The van der Waals surface area contributed by atoms with Gasteiger partial charge in [-0.1, -0.05) is 11.6 Å². The number of sulfonamides is 1. The highest BCUT2D eigenvalue weighted by Crippen LogP contribution is 2.21. The number of amidine groups is 1. The van der Waals surface area contributed by atoms with Crippen LogP contribution in [0.25, 0.3) is 0 Å². The van der Waals surface area contributed by atoms with Crippen LogP contribution in [-0.2, 0) is 14.8 Å². The average Bonchev–Trinajstić information content (AvgIpc) is 2.17. The molecule has 82 valence electrons. The molecule has 1 aromatic heterocycles. The molecule has 0 aromatic carbocycles. The Kier molecular flexibility index (Phi) is 3.48. The van der Waals surface area contributed by atoms with E-state index in [2.05, 4.69) is 14.1 Å². The van der Waals surface area contributed by atoms with Crippen molar-refractivity contribution in [3.63, 3.8) is 0 Å². The van der Waals surface area contributed by atoms with Gasteiger partial charge in [0.25, 0.3) is 16.0 Å². The van der Waals surface area contributed by atoms with Crippen LogP contribution in [0.4, 0.5) is 0 Å². The second kappa shape index (κ2) is 4.45. The van der Waals surface area contributed by atoms with Gasteiger partial charge >= 0.3 is 0 Å². The predicted molar refractivity (Wildman–Crippen MR) is 55.1 cm³/mol. The standard InChI is InChI=1S/C7H8ClN3O3S/c1-14-7(9)11-15(12,13)6-4-10-3-2-5(6)8/h2-4H,1H3,(H2,9,11). The lowest BCUT2D eigenvalue weighted by Gasteiger charge is -2.01. The molecule has 6 nitrogen and oxygen atoms in total. The van der Waals surface area contributed by atoms with E-state index in [0.29, 0.717) is 0 Å². The Balaban J connectivity index is 3.25. The molecule has 0 aliphatic rings. The lowest BCUT2D eigenvalue weighted by Crippen LogP contribution is -2.16. The first kappa shape index (κ1) is 11.7. The summed E-state index contributed by atoms with van der Waals surface area (Å²) in [5.41, 5.74) is 5.13. The van der Waals surface area contributed by atoms with Crippen LogP contribution in [0, 0.1) is 0 Å². The third-order valence-corrected chi connectivity index (χ3v) is 3.17. The number of nitrogens with zero attached hydrogens (tertiary/aromatic N) is 2. The number of methoxy groups -OCH3 is 1. The van der Waals surface area contributed by atoms with Crippen LogP contribution in [0.2, 0.25) is 5.02 Å². The maximum absolute atomic E-state index is 11.6. The molecule has 0 saturated carbocycles. The maximum Gasteiger partial charge on any atom is 0.297 e. The van der Waals surface area contributed by atoms with Crippen molar-refractivity contribution in [3.8, 4) is 0 Å². The SMILES string of the molecule is CO/C(N)=N/S(=O)(=O)c1cnccc1Cl. The van der Waals surface area contributed by atoms with Crippen molar-refractivity contribution >= 4 is 27.6 Å². The molecule has 8 heteroatoms. The third kappa shape index (κ3) is 2.80. The van der Waals surface area contributed by atoms with Gasteiger partial charge in [0.2, 0.25) is 0 Å². The van der Waals surface area contributed by atoms with E-state index >= 15 is 0 Å². The minimum atomic E-state index is -3.96. The summed E-state index contributed by atoms with van der Waals surface area (Å²) in [5, 5.41) is 0.0256. The summed E-state index contributed by atoms with van der Waals surface area (Å²) >= 11 is 5.67. The largest absolute Gasteiger partial charge is 0.468 e. The van der Waals surface area contributed by atoms with E-state index in [-0.39, 0.29) is 9.92 Å². The Morgan fingerprint density at radius 1 is 1.67 bits per heavy atom. The minimum absolute atomic E-state index is 0.0256. The molecule has 0 fully saturated rings. The summed E-state index contributed by atoms with van der Waals surface area (Å²) in [7, 11) is -2.75. The topological polar surface area (TPSA) is 94.6 Å². The summed E-state index contributed by atoms with van der Waals surface area (Å²) in [6.45, 7) is 0. The van der Waals surface area contributed by atoms with Crippen LogP contribution >= 0.6 is 11.6 Å². The Morgan fingerprint density at radius 2 is 2.33 bits per heavy atom. The van der Waals surface area contributed by atoms with Gasteiger partial charge in [0.05, 0.1) is 12.1 Å². The van der Waals surface area contributed by atoms with Gasteiger partial charge in [-0.2, -0.15) is 8.42 Å². The van der Waals surface area contributed by atoms with Gasteiger partial charge in [-0.15, -0.1) is 4.40 Å². The molecule has 15 heavy (non-hydrogen) atoms. The number of hydrogen-bond donors (Lipinski definition) is 1. The molecule has 0 spiro atoms. The fourth-order valence-corrected chi connectivity index (χ4v) is 2.07. The van der Waals surface area contributed by atoms with E-state index in [1.165, 1.54) is 19.4 Å². The minimum Gasteiger partial charge on any atom is -0.468 e. The van der Waals surface area contributed by atoms with Crippen LogP contribution in [0.5, 0.6) is 0 Å². The highest BCUT2D eigenvalue weighted by Gasteiger charge is 2.17. The van der Waals surface area contributed by atoms with Crippen molar-refractivity contribution in [2.45, 2.75) is 4.90 Å². The van der Waals surface area contributed by atoms with E-state index in [1.807, 2.05) is 0 Å². The van der Waals surface area contributed by atoms with Crippen molar-refractivity contribution in [1.29, 1.82) is 0 Å². The monoisotopic (exact) mass is 249 g/mol. The quantitative estimate of drug-likeness (QED) is 0.604. The fourth-order valence-electron chi connectivity index (χ4n) is 0.758. The van der Waals surface area contributed by atoms with Gasteiger partial charge in [-0.05, 0) is 6.07 Å². The second-order valence-electron chi connectivity index (χ2n) is 2.41. The van der Waals surface area contributed by atoms with Crippen molar-refractivity contribution < 1.29 is 13.2 Å². The molecule has 0 atom stereocenters. The number of ether oxygens (including phenoxy) is 1. The second-order valence-corrected chi connectivity index (χ2v) is 4.39. The molecule has 1 rings (SSSR count). The summed E-state index contributed by atoms with van der Waals surface area (Å²) in [4.78, 5) is 3.41. The molecule has 0 unspecified atom stereocenters. The van der Waals surface area contributed by atoms with E-state index < -0.39 is 16.0 Å². The van der Waals surface area contributed by atoms with Crippen molar-refractivity contribution in [1.82, 2.24) is 4.98 Å². The lowest BCUT2D eigenvalue weighted by molar-refractivity contribution is 0.397. The van der Waals surface area contributed by atoms with E-state index in [4.69, 9.17) is 17.3 Å². The van der Waals surface area contributed by atoms with Crippen LogP contribution in [0.1, 0.15) is 0 Å². The molecule has 0 amide bonds. The molecule has 2 N–H and O–H groups in total. The Morgan fingerprint density at radius 3 is 2.87 bits per heavy atom. The summed E-state index contributed by atoms with van der Waals surface area (Å²) in [5.74, 6) is 0. The summed E-state index contributed by atoms with van der Waals surface area (Å²) < 4.78 is 30.7. The van der Waals surface area contributed by atoms with E-state index in [9.17, 15) is 8.42 Å². The molecule has 0 bridgehead atoms. The van der Waals surface area contributed by atoms with Gasteiger partial charge in [0.1, 0.15) is 4.90 Å². The first-order valence-electron chi connectivity index (χ1n) is 3.71. The van der Waals surface area contributed by atoms with Crippen LogP contribution in [-0.4, -0.2) is 26.5 Å². The Hall–Kier alpha value is -1.34. The fraction of sp³-hybridized carbons (Fsp3) is 0.143. The van der Waals surface area contributed by atoms with E-state index in [1.54, 1.807) is 0 Å². The van der Waals surface area contributed by atoms with Crippen LogP contribution in [0.15, 0.2) is 27.8 Å². The summed E-state index contributed by atoms with van der Waals surface area (Å²) in [6.07, 6.45) is 2.45. The van der Waals surface area contributed by atoms with E-state index in [0.717, 1.165) is 6.20 Å². The molecule has 0 radical (unpaired) electrons. The number of rotatable bonds is 2. The highest BCUT2D eigenvalue weighted by atomic mass is 35.5. The van der Waals surface area contributed by atoms with Crippen molar-refractivity contribution in [2.75, 3.05) is 7.11 Å². The molecule has 0 aliphatic heterocycles. The van der Waals surface area contributed by atoms with Gasteiger partial charge in [-0.3, -0.25) is 4.98 Å². The normalized spacial score (nSPS) is 12.5. The molecule has 1 aromatic rings. The number of hydrogen-bond acceptors (Lipinski definition) is 4. The van der Waals surface area contributed by atoms with Crippen LogP contribution in [0.3, 0.4) is 0 Å². The van der Waals surface area contributed by atoms with Gasteiger partial charge < -0.3 is 10.5 Å². The zero-order chi connectivity index (χ0) is 11.5. The predicted octanol–water partition coefficient (Wildman–Crippen LogP) is 0.385. The Labute approximate surface area is 91.8 Å². The highest BCUT2D eigenvalue weighted by molar-refractivity contribution is 7.90. The molecule has 1 heterocycles. The number of aromatic nitrogens is 1. The smallest absolute Gasteiger partial charge is 0.297 e. The van der Waals surface area contributed by atoms with Crippen LogP contribution < -0.4 is 5.73 Å². The van der Waals surface area contributed by atoms with Crippen molar-refractivity contribution in [3.05, 3.63) is 23.5 Å². The maximum atomic E-state index is 11.6. The van der Waals surface area contributed by atoms with Gasteiger partial charge in [0, 0.05) is 12.4 Å². The first-order chi connectivity index (χ1) is 6.97. The zero-order valence-electron chi connectivity index (χ0n) is 7.71. The summed E-state index contributed by atoms with van der Waals surface area (Å²) in [6, 6.07) is 0.877. The van der Waals surface area contributed by atoms with Gasteiger partial charge in [0.15, 0.2) is 0 Å². The zero-order valence-corrected chi connectivity index (χ0v) is 9.29. The number of pyridine rings is 1. The molecule has 0 aliphatic carbocycles. The number of nitrogens with two attached hydrogens (primary N) is 1.